The van der Waals surface area contributed by atoms with E-state index in [1.54, 1.807) is 0 Å². The number of benzene rings is 2. The number of alkyl halides is 1. The fourth-order valence-corrected chi connectivity index (χ4v) is 2.86. The largest absolute Gasteiger partial charge is 0.382 e. The Kier molecular flexibility index (Phi) is 5.24. The number of aryl methyl sites for hydroxylation is 1. The second-order valence-corrected chi connectivity index (χ2v) is 6.72. The van der Waals surface area contributed by atoms with E-state index in [2.05, 4.69) is 69.0 Å². The zero-order valence-electron chi connectivity index (χ0n) is 10.5. The molecule has 2 aromatic carbocycles. The molecule has 0 amide bonds. The molecule has 1 unspecified atom stereocenters. The lowest BCUT2D eigenvalue weighted by molar-refractivity contribution is 0.271. The molecule has 0 bridgehead atoms. The summed E-state index contributed by atoms with van der Waals surface area (Å²) in [7, 11) is 0. The number of hydrogen-bond acceptors (Lipinski definition) is 2. The minimum atomic E-state index is -0.482. The number of nitrogens with one attached hydrogen (secondary N) is 1. The van der Waals surface area contributed by atoms with Crippen molar-refractivity contribution >= 4 is 49.9 Å². The molecule has 0 aliphatic rings. The minimum absolute atomic E-state index is 0.482. The summed E-state index contributed by atoms with van der Waals surface area (Å²) in [4.78, 5) is 0. The Morgan fingerprint density at radius 1 is 1.21 bits per heavy atom. The third-order valence-electron chi connectivity index (χ3n) is 2.83. The highest BCUT2D eigenvalue weighted by molar-refractivity contribution is 14.1. The van der Waals surface area contributed by atoms with E-state index < -0.39 is 5.01 Å². The standard InChI is InChI=1S/C15H15BrINO/c1-10-8-12(17)4-7-14(10)18-13-5-2-11(3-6-13)9-15(16)19/h2-8,15,18-19H,9H2,1H3. The number of aliphatic hydroxyl groups excluding tert-OH is 1. The Morgan fingerprint density at radius 2 is 1.89 bits per heavy atom. The van der Waals surface area contributed by atoms with Gasteiger partial charge in [0.25, 0.3) is 0 Å². The zero-order valence-corrected chi connectivity index (χ0v) is 14.3. The fraction of sp³-hybridized carbons (Fsp3) is 0.200. The molecule has 0 heterocycles. The summed E-state index contributed by atoms with van der Waals surface area (Å²) in [5.41, 5.74) is 4.51. The van der Waals surface area contributed by atoms with Gasteiger partial charge in [0.15, 0.2) is 0 Å². The van der Waals surface area contributed by atoms with E-state index in [-0.39, 0.29) is 0 Å². The van der Waals surface area contributed by atoms with Gasteiger partial charge in [-0.05, 0) is 71.0 Å². The van der Waals surface area contributed by atoms with Gasteiger partial charge in [-0.15, -0.1) is 0 Å². The van der Waals surface area contributed by atoms with Gasteiger partial charge in [-0.2, -0.15) is 0 Å². The van der Waals surface area contributed by atoms with Crippen LogP contribution >= 0.6 is 38.5 Å². The summed E-state index contributed by atoms with van der Waals surface area (Å²) >= 11 is 5.45. The Bertz CT molecular complexity index is 555. The van der Waals surface area contributed by atoms with Crippen LogP contribution in [0.1, 0.15) is 11.1 Å². The van der Waals surface area contributed by atoms with Crippen LogP contribution in [-0.4, -0.2) is 10.1 Å². The predicted octanol–water partition coefficient (Wildman–Crippen LogP) is 4.60. The summed E-state index contributed by atoms with van der Waals surface area (Å²) < 4.78 is 1.24. The van der Waals surface area contributed by atoms with Gasteiger partial charge < -0.3 is 10.4 Å². The van der Waals surface area contributed by atoms with Gasteiger partial charge in [0.1, 0.15) is 5.01 Å². The summed E-state index contributed by atoms with van der Waals surface area (Å²) in [5, 5.41) is 12.2. The molecular formula is C15H15BrINO. The van der Waals surface area contributed by atoms with Crippen LogP contribution in [0, 0.1) is 10.5 Å². The maximum atomic E-state index is 9.27. The van der Waals surface area contributed by atoms with Crippen LogP contribution in [0.5, 0.6) is 0 Å². The maximum absolute atomic E-state index is 9.27. The van der Waals surface area contributed by atoms with Crippen molar-refractivity contribution in [3.05, 3.63) is 57.2 Å². The van der Waals surface area contributed by atoms with E-state index in [1.807, 2.05) is 24.3 Å². The molecule has 4 heteroatoms. The molecule has 0 saturated carbocycles. The highest BCUT2D eigenvalue weighted by atomic mass is 127. The number of hydrogen-bond donors (Lipinski definition) is 2. The predicted molar refractivity (Wildman–Crippen MR) is 92.3 cm³/mol. The summed E-state index contributed by atoms with van der Waals surface area (Å²) in [6, 6.07) is 14.4. The van der Waals surface area contributed by atoms with Crippen molar-refractivity contribution in [1.29, 1.82) is 0 Å². The van der Waals surface area contributed by atoms with Gasteiger partial charge >= 0.3 is 0 Å². The van der Waals surface area contributed by atoms with E-state index in [4.69, 9.17) is 0 Å². The average Bonchev–Trinajstić information content (AvgIpc) is 2.34. The summed E-state index contributed by atoms with van der Waals surface area (Å²) in [5.74, 6) is 0. The number of anilines is 2. The highest BCUT2D eigenvalue weighted by Crippen LogP contribution is 2.23. The van der Waals surface area contributed by atoms with Crippen molar-refractivity contribution in [1.82, 2.24) is 0 Å². The van der Waals surface area contributed by atoms with Crippen molar-refractivity contribution in [3.8, 4) is 0 Å². The van der Waals surface area contributed by atoms with E-state index in [1.165, 1.54) is 9.13 Å². The Hall–Kier alpha value is -0.590. The normalized spacial score (nSPS) is 12.2. The summed E-state index contributed by atoms with van der Waals surface area (Å²) in [6.07, 6.45) is 0.614. The maximum Gasteiger partial charge on any atom is 0.113 e. The van der Waals surface area contributed by atoms with Gasteiger partial charge in [-0.25, -0.2) is 0 Å². The Balaban J connectivity index is 2.10. The second kappa shape index (κ2) is 6.72. The van der Waals surface area contributed by atoms with Gasteiger partial charge in [0.2, 0.25) is 0 Å². The van der Waals surface area contributed by atoms with Crippen molar-refractivity contribution in [2.45, 2.75) is 18.4 Å². The van der Waals surface area contributed by atoms with Crippen LogP contribution in [0.15, 0.2) is 42.5 Å². The lowest BCUT2D eigenvalue weighted by Crippen LogP contribution is -2.00. The number of rotatable bonds is 4. The third kappa shape index (κ3) is 4.47. The third-order valence-corrected chi connectivity index (χ3v) is 3.82. The quantitative estimate of drug-likeness (QED) is 0.547. The number of halogens is 2. The van der Waals surface area contributed by atoms with Crippen molar-refractivity contribution < 1.29 is 5.11 Å². The van der Waals surface area contributed by atoms with Crippen molar-refractivity contribution in [2.24, 2.45) is 0 Å². The second-order valence-electron chi connectivity index (χ2n) is 4.42. The molecule has 2 aromatic rings. The van der Waals surface area contributed by atoms with Gasteiger partial charge in [-0.1, -0.05) is 28.1 Å². The monoisotopic (exact) mass is 431 g/mol. The molecule has 0 fully saturated rings. The smallest absolute Gasteiger partial charge is 0.113 e. The Morgan fingerprint density at radius 3 is 2.47 bits per heavy atom. The van der Waals surface area contributed by atoms with E-state index in [0.717, 1.165) is 16.9 Å². The molecule has 2 nitrogen and oxygen atoms in total. The van der Waals surface area contributed by atoms with E-state index in [0.29, 0.717) is 6.42 Å². The lowest BCUT2D eigenvalue weighted by atomic mass is 10.1. The van der Waals surface area contributed by atoms with Gasteiger partial charge in [0.05, 0.1) is 0 Å². The molecular weight excluding hydrogens is 417 g/mol. The fourth-order valence-electron chi connectivity index (χ4n) is 1.84. The highest BCUT2D eigenvalue weighted by Gasteiger charge is 2.02. The van der Waals surface area contributed by atoms with Crippen LogP contribution in [0.25, 0.3) is 0 Å². The molecule has 2 rings (SSSR count). The van der Waals surface area contributed by atoms with Crippen LogP contribution in [0.4, 0.5) is 11.4 Å². The molecule has 0 aliphatic carbocycles. The molecule has 2 N–H and O–H groups in total. The molecule has 0 aliphatic heterocycles. The van der Waals surface area contributed by atoms with Crippen LogP contribution in [0.3, 0.4) is 0 Å². The molecule has 1 atom stereocenters. The average molecular weight is 432 g/mol. The lowest BCUT2D eigenvalue weighted by Gasteiger charge is -2.11. The SMILES string of the molecule is Cc1cc(I)ccc1Nc1ccc(CC(O)Br)cc1. The minimum Gasteiger partial charge on any atom is -0.382 e. The topological polar surface area (TPSA) is 32.3 Å². The molecule has 100 valence electrons. The zero-order chi connectivity index (χ0) is 13.8. The number of aliphatic hydroxyl groups is 1. The van der Waals surface area contributed by atoms with Crippen LogP contribution < -0.4 is 5.32 Å². The molecule has 0 radical (unpaired) electrons. The van der Waals surface area contributed by atoms with Gasteiger partial charge in [0, 0.05) is 21.4 Å². The molecule has 0 aromatic heterocycles. The first-order valence-electron chi connectivity index (χ1n) is 5.99. The van der Waals surface area contributed by atoms with E-state index >= 15 is 0 Å². The molecule has 0 spiro atoms. The Labute approximate surface area is 135 Å². The van der Waals surface area contributed by atoms with Crippen LogP contribution in [-0.2, 0) is 6.42 Å². The van der Waals surface area contributed by atoms with Crippen molar-refractivity contribution in [3.63, 3.8) is 0 Å². The van der Waals surface area contributed by atoms with Crippen molar-refractivity contribution in [2.75, 3.05) is 5.32 Å². The van der Waals surface area contributed by atoms with Crippen LogP contribution in [0.2, 0.25) is 0 Å². The summed E-state index contributed by atoms with van der Waals surface area (Å²) in [6.45, 7) is 2.10. The van der Waals surface area contributed by atoms with Gasteiger partial charge in [-0.3, -0.25) is 0 Å². The first-order valence-corrected chi connectivity index (χ1v) is 7.98. The first kappa shape index (κ1) is 14.8. The molecule has 0 saturated heterocycles. The van der Waals surface area contributed by atoms with E-state index in [9.17, 15) is 5.11 Å². The molecule has 19 heavy (non-hydrogen) atoms. The first-order chi connectivity index (χ1) is 9.04.